The number of hydrogen-bond acceptors (Lipinski definition) is 3. The van der Waals surface area contributed by atoms with Gasteiger partial charge >= 0.3 is 6.18 Å². The van der Waals surface area contributed by atoms with Crippen molar-refractivity contribution < 1.29 is 18.0 Å². The van der Waals surface area contributed by atoms with Gasteiger partial charge < -0.3 is 16.4 Å². The third-order valence-corrected chi connectivity index (χ3v) is 3.65. The van der Waals surface area contributed by atoms with Crippen LogP contribution in [-0.4, -0.2) is 18.5 Å². The van der Waals surface area contributed by atoms with Gasteiger partial charge in [-0.05, 0) is 31.5 Å². The SMILES string of the molecule is CCCCNc1ccc(C(F)(F)F)cc1NC(=O)C(C)C(C)N.Cl. The Morgan fingerprint density at radius 3 is 2.38 bits per heavy atom. The van der Waals surface area contributed by atoms with Gasteiger partial charge in [-0.15, -0.1) is 12.4 Å². The van der Waals surface area contributed by atoms with Gasteiger partial charge in [0, 0.05) is 12.6 Å². The Labute approximate surface area is 146 Å². The number of nitrogens with two attached hydrogens (primary N) is 1. The van der Waals surface area contributed by atoms with Gasteiger partial charge in [0.1, 0.15) is 0 Å². The number of benzene rings is 1. The molecule has 2 atom stereocenters. The fourth-order valence-electron chi connectivity index (χ4n) is 1.86. The molecule has 0 aliphatic carbocycles. The minimum absolute atomic E-state index is 0. The number of carbonyl (C=O) groups excluding carboxylic acids is 1. The minimum Gasteiger partial charge on any atom is -0.383 e. The first-order valence-corrected chi connectivity index (χ1v) is 7.68. The summed E-state index contributed by atoms with van der Waals surface area (Å²) in [4.78, 5) is 12.1. The predicted molar refractivity (Wildman–Crippen MR) is 93.5 cm³/mol. The molecule has 0 bridgehead atoms. The first kappa shape index (κ1) is 22.5. The molecule has 0 aliphatic rings. The standard InChI is InChI=1S/C16H24F3N3O.ClH/c1-4-5-8-21-13-7-6-12(16(17,18)19)9-14(13)22-15(23)10(2)11(3)20;/h6-7,9-11,21H,4-5,8,20H2,1-3H3,(H,22,23);1H. The summed E-state index contributed by atoms with van der Waals surface area (Å²) in [6, 6.07) is 2.89. The molecule has 4 nitrogen and oxygen atoms in total. The summed E-state index contributed by atoms with van der Waals surface area (Å²) in [6.07, 6.45) is -2.63. The molecular formula is C16H25ClF3N3O. The van der Waals surface area contributed by atoms with Crippen molar-refractivity contribution in [1.82, 2.24) is 0 Å². The molecule has 0 spiro atoms. The van der Waals surface area contributed by atoms with E-state index in [1.165, 1.54) is 6.07 Å². The molecule has 8 heteroatoms. The summed E-state index contributed by atoms with van der Waals surface area (Å²) in [5.74, 6) is -0.911. The van der Waals surface area contributed by atoms with E-state index in [4.69, 9.17) is 5.73 Å². The van der Waals surface area contributed by atoms with Crippen LogP contribution in [-0.2, 0) is 11.0 Å². The molecule has 0 radical (unpaired) electrons. The zero-order valence-electron chi connectivity index (χ0n) is 14.0. The topological polar surface area (TPSA) is 67.1 Å². The maximum absolute atomic E-state index is 12.9. The Morgan fingerprint density at radius 2 is 1.88 bits per heavy atom. The number of nitrogens with one attached hydrogen (secondary N) is 2. The van der Waals surface area contributed by atoms with Crippen molar-refractivity contribution in [1.29, 1.82) is 0 Å². The van der Waals surface area contributed by atoms with Gasteiger partial charge in [-0.1, -0.05) is 20.3 Å². The molecule has 1 amide bonds. The molecule has 2 unspecified atom stereocenters. The Bertz CT molecular complexity index is 536. The number of rotatable bonds is 7. The number of amides is 1. The van der Waals surface area contributed by atoms with Crippen LogP contribution in [0.4, 0.5) is 24.5 Å². The second kappa shape index (κ2) is 9.74. The number of halogens is 4. The first-order valence-electron chi connectivity index (χ1n) is 7.68. The lowest BCUT2D eigenvalue weighted by Gasteiger charge is -2.19. The largest absolute Gasteiger partial charge is 0.416 e. The van der Waals surface area contributed by atoms with E-state index in [9.17, 15) is 18.0 Å². The molecule has 0 aliphatic heterocycles. The monoisotopic (exact) mass is 367 g/mol. The lowest BCUT2D eigenvalue weighted by molar-refractivity contribution is -0.137. The minimum atomic E-state index is -4.46. The van der Waals surface area contributed by atoms with Crippen LogP contribution >= 0.6 is 12.4 Å². The van der Waals surface area contributed by atoms with Gasteiger partial charge in [-0.3, -0.25) is 4.79 Å². The van der Waals surface area contributed by atoms with E-state index in [1.807, 2.05) is 6.92 Å². The zero-order chi connectivity index (χ0) is 17.6. The molecule has 1 aromatic rings. The highest BCUT2D eigenvalue weighted by Crippen LogP contribution is 2.34. The fourth-order valence-corrected chi connectivity index (χ4v) is 1.86. The molecule has 0 aromatic heterocycles. The average molecular weight is 368 g/mol. The smallest absolute Gasteiger partial charge is 0.383 e. The van der Waals surface area contributed by atoms with Crippen LogP contribution in [0.3, 0.4) is 0 Å². The zero-order valence-corrected chi connectivity index (χ0v) is 14.9. The molecule has 0 saturated heterocycles. The van der Waals surface area contributed by atoms with E-state index in [-0.39, 0.29) is 18.1 Å². The molecule has 1 aromatic carbocycles. The van der Waals surface area contributed by atoms with E-state index in [2.05, 4.69) is 10.6 Å². The number of hydrogen-bond donors (Lipinski definition) is 3. The number of anilines is 2. The molecule has 4 N–H and O–H groups in total. The lowest BCUT2D eigenvalue weighted by Crippen LogP contribution is -2.34. The van der Waals surface area contributed by atoms with Crippen molar-refractivity contribution in [3.05, 3.63) is 23.8 Å². The highest BCUT2D eigenvalue weighted by atomic mass is 35.5. The summed E-state index contributed by atoms with van der Waals surface area (Å²) in [5.41, 5.74) is 5.45. The van der Waals surface area contributed by atoms with E-state index in [1.54, 1.807) is 13.8 Å². The van der Waals surface area contributed by atoms with Crippen molar-refractivity contribution in [2.45, 2.75) is 45.8 Å². The van der Waals surface area contributed by atoms with Crippen molar-refractivity contribution >= 4 is 29.7 Å². The van der Waals surface area contributed by atoms with Crippen LogP contribution in [0.5, 0.6) is 0 Å². The molecular weight excluding hydrogens is 343 g/mol. The van der Waals surface area contributed by atoms with Crippen molar-refractivity contribution in [2.75, 3.05) is 17.2 Å². The number of carbonyl (C=O) groups is 1. The Morgan fingerprint density at radius 1 is 1.25 bits per heavy atom. The second-order valence-corrected chi connectivity index (χ2v) is 5.68. The Hall–Kier alpha value is -1.47. The van der Waals surface area contributed by atoms with Crippen LogP contribution in [0.1, 0.15) is 39.2 Å². The number of unbranched alkanes of at least 4 members (excludes halogenated alkanes) is 1. The highest BCUT2D eigenvalue weighted by molar-refractivity contribution is 5.96. The summed E-state index contributed by atoms with van der Waals surface area (Å²) in [7, 11) is 0. The highest BCUT2D eigenvalue weighted by Gasteiger charge is 2.31. The van der Waals surface area contributed by atoms with Crippen LogP contribution < -0.4 is 16.4 Å². The van der Waals surface area contributed by atoms with Gasteiger partial charge in [-0.25, -0.2) is 0 Å². The maximum atomic E-state index is 12.9. The molecule has 1 rings (SSSR count). The third-order valence-electron chi connectivity index (χ3n) is 3.65. The van der Waals surface area contributed by atoms with E-state index < -0.39 is 29.6 Å². The van der Waals surface area contributed by atoms with E-state index in [0.717, 1.165) is 25.0 Å². The summed E-state index contributed by atoms with van der Waals surface area (Å²) >= 11 is 0. The van der Waals surface area contributed by atoms with Gasteiger partial charge in [0.25, 0.3) is 0 Å². The van der Waals surface area contributed by atoms with Crippen LogP contribution in [0.15, 0.2) is 18.2 Å². The van der Waals surface area contributed by atoms with Crippen molar-refractivity contribution in [3.8, 4) is 0 Å². The molecule has 0 saturated carbocycles. The Kier molecular flexibility index (Phi) is 9.14. The summed E-state index contributed by atoms with van der Waals surface area (Å²) < 4.78 is 38.6. The van der Waals surface area contributed by atoms with E-state index in [0.29, 0.717) is 12.2 Å². The van der Waals surface area contributed by atoms with Crippen molar-refractivity contribution in [3.63, 3.8) is 0 Å². The van der Waals surface area contributed by atoms with Crippen molar-refractivity contribution in [2.24, 2.45) is 11.7 Å². The molecule has 138 valence electrons. The number of alkyl halides is 3. The summed E-state index contributed by atoms with van der Waals surface area (Å²) in [6.45, 7) is 5.95. The second-order valence-electron chi connectivity index (χ2n) is 5.68. The third kappa shape index (κ3) is 6.57. The van der Waals surface area contributed by atoms with Gasteiger partial charge in [0.2, 0.25) is 5.91 Å². The van der Waals surface area contributed by atoms with Gasteiger partial charge in [0.15, 0.2) is 0 Å². The Balaban J connectivity index is 0.00000529. The fraction of sp³-hybridized carbons (Fsp3) is 0.562. The van der Waals surface area contributed by atoms with Gasteiger partial charge in [-0.2, -0.15) is 13.2 Å². The quantitative estimate of drug-likeness (QED) is 0.631. The molecule has 24 heavy (non-hydrogen) atoms. The average Bonchev–Trinajstić information content (AvgIpc) is 2.46. The van der Waals surface area contributed by atoms with Gasteiger partial charge in [0.05, 0.1) is 22.9 Å². The summed E-state index contributed by atoms with van der Waals surface area (Å²) in [5, 5.41) is 5.60. The molecule has 0 fully saturated rings. The maximum Gasteiger partial charge on any atom is 0.416 e. The van der Waals surface area contributed by atoms with Crippen LogP contribution in [0.2, 0.25) is 0 Å². The first-order chi connectivity index (χ1) is 10.7. The van der Waals surface area contributed by atoms with Crippen LogP contribution in [0, 0.1) is 5.92 Å². The van der Waals surface area contributed by atoms with E-state index >= 15 is 0 Å². The predicted octanol–water partition coefficient (Wildman–Crippen LogP) is 4.26. The lowest BCUT2D eigenvalue weighted by atomic mass is 10.0. The van der Waals surface area contributed by atoms with Crippen LogP contribution in [0.25, 0.3) is 0 Å². The molecule has 0 heterocycles. The normalized spacial score (nSPS) is 13.6.